The van der Waals surface area contributed by atoms with Gasteiger partial charge in [-0.05, 0) is 31.7 Å². The maximum atomic E-state index is 11.7. The lowest BCUT2D eigenvalue weighted by atomic mass is 9.96. The summed E-state index contributed by atoms with van der Waals surface area (Å²) in [5.41, 5.74) is 5.54. The van der Waals surface area contributed by atoms with Crippen molar-refractivity contribution in [2.75, 3.05) is 11.9 Å². The molecule has 1 rings (SSSR count). The number of nitrogens with one attached hydrogen (secondary N) is 1. The molecule has 0 saturated carbocycles. The van der Waals surface area contributed by atoms with Crippen molar-refractivity contribution in [3.63, 3.8) is 0 Å². The molecular formula is C12H22N4OS. The van der Waals surface area contributed by atoms with Crippen LogP contribution in [0.3, 0.4) is 0 Å². The summed E-state index contributed by atoms with van der Waals surface area (Å²) in [7, 11) is 0. The average molecular weight is 270 g/mol. The summed E-state index contributed by atoms with van der Waals surface area (Å²) >= 11 is 1.44. The number of nitrogens with two attached hydrogens (primary N) is 1. The summed E-state index contributed by atoms with van der Waals surface area (Å²) < 4.78 is 0. The van der Waals surface area contributed by atoms with E-state index in [-0.39, 0.29) is 5.91 Å². The third-order valence-corrected chi connectivity index (χ3v) is 3.93. The molecular weight excluding hydrogens is 248 g/mol. The Morgan fingerprint density at radius 2 is 2.17 bits per heavy atom. The first-order valence-corrected chi connectivity index (χ1v) is 7.33. The minimum absolute atomic E-state index is 0.0178. The lowest BCUT2D eigenvalue weighted by Gasteiger charge is -2.12. The monoisotopic (exact) mass is 270 g/mol. The fourth-order valence-electron chi connectivity index (χ4n) is 1.75. The molecule has 1 aromatic rings. The average Bonchev–Trinajstić information content (AvgIpc) is 2.82. The largest absolute Gasteiger partial charge is 0.330 e. The van der Waals surface area contributed by atoms with E-state index in [2.05, 4.69) is 22.4 Å². The van der Waals surface area contributed by atoms with Gasteiger partial charge in [0.1, 0.15) is 5.01 Å². The Hall–Kier alpha value is -1.01. The standard InChI is InChI=1S/C12H22N4OS/c1-3-9(7-8-13)5-6-10(17)14-12-16-15-11(4-2)18-12/h9H,3-8,13H2,1-2H3,(H,14,16,17). The van der Waals surface area contributed by atoms with Crippen LogP contribution in [0.4, 0.5) is 5.13 Å². The van der Waals surface area contributed by atoms with Gasteiger partial charge in [-0.15, -0.1) is 10.2 Å². The number of rotatable bonds is 8. The van der Waals surface area contributed by atoms with Crippen molar-refractivity contribution in [2.24, 2.45) is 11.7 Å². The van der Waals surface area contributed by atoms with Crippen molar-refractivity contribution in [1.29, 1.82) is 0 Å². The quantitative estimate of drug-likeness (QED) is 0.758. The number of anilines is 1. The molecule has 0 aliphatic rings. The minimum Gasteiger partial charge on any atom is -0.330 e. The van der Waals surface area contributed by atoms with E-state index in [9.17, 15) is 4.79 Å². The first-order valence-electron chi connectivity index (χ1n) is 6.51. The maximum absolute atomic E-state index is 11.7. The Balaban J connectivity index is 2.32. The van der Waals surface area contributed by atoms with E-state index < -0.39 is 0 Å². The van der Waals surface area contributed by atoms with Crippen LogP contribution in [-0.2, 0) is 11.2 Å². The van der Waals surface area contributed by atoms with Crippen molar-refractivity contribution < 1.29 is 4.79 Å². The molecule has 1 aromatic heterocycles. The summed E-state index contributed by atoms with van der Waals surface area (Å²) in [6.07, 6.45) is 4.33. The van der Waals surface area contributed by atoms with Gasteiger partial charge in [-0.25, -0.2) is 0 Å². The molecule has 1 unspecified atom stereocenters. The summed E-state index contributed by atoms with van der Waals surface area (Å²) in [5.74, 6) is 0.561. The third kappa shape index (κ3) is 5.10. The molecule has 0 fully saturated rings. The van der Waals surface area contributed by atoms with Crippen molar-refractivity contribution in [3.8, 4) is 0 Å². The summed E-state index contributed by atoms with van der Waals surface area (Å²) in [6, 6.07) is 0. The molecule has 5 nitrogen and oxygen atoms in total. The molecule has 0 radical (unpaired) electrons. The number of hydrogen-bond acceptors (Lipinski definition) is 5. The second-order valence-corrected chi connectivity index (χ2v) is 5.36. The van der Waals surface area contributed by atoms with Crippen molar-refractivity contribution in [3.05, 3.63) is 5.01 Å². The number of nitrogens with zero attached hydrogens (tertiary/aromatic N) is 2. The van der Waals surface area contributed by atoms with Crippen LogP contribution in [0.2, 0.25) is 0 Å². The van der Waals surface area contributed by atoms with Crippen molar-refractivity contribution >= 4 is 22.4 Å². The molecule has 0 bridgehead atoms. The predicted octanol–water partition coefficient (Wildman–Crippen LogP) is 2.19. The molecule has 18 heavy (non-hydrogen) atoms. The number of carbonyl (C=O) groups excluding carboxylic acids is 1. The van der Waals surface area contributed by atoms with Crippen LogP contribution >= 0.6 is 11.3 Å². The molecule has 3 N–H and O–H groups in total. The van der Waals surface area contributed by atoms with Gasteiger partial charge in [-0.2, -0.15) is 0 Å². The third-order valence-electron chi connectivity index (χ3n) is 2.95. The molecule has 1 heterocycles. The van der Waals surface area contributed by atoms with Crippen LogP contribution in [-0.4, -0.2) is 22.6 Å². The van der Waals surface area contributed by atoms with Gasteiger partial charge in [0, 0.05) is 6.42 Å². The van der Waals surface area contributed by atoms with E-state index in [4.69, 9.17) is 5.73 Å². The number of hydrogen-bond donors (Lipinski definition) is 2. The van der Waals surface area contributed by atoms with Gasteiger partial charge in [0.2, 0.25) is 11.0 Å². The molecule has 0 saturated heterocycles. The normalized spacial score (nSPS) is 12.4. The molecule has 102 valence electrons. The topological polar surface area (TPSA) is 80.9 Å². The SMILES string of the molecule is CCc1nnc(NC(=O)CCC(CC)CCN)s1. The molecule has 0 aliphatic carbocycles. The summed E-state index contributed by atoms with van der Waals surface area (Å²) in [5, 5.41) is 12.2. The van der Waals surface area contributed by atoms with Crippen LogP contribution in [0.5, 0.6) is 0 Å². The zero-order valence-corrected chi connectivity index (χ0v) is 11.9. The van der Waals surface area contributed by atoms with E-state index in [1.165, 1.54) is 11.3 Å². The van der Waals surface area contributed by atoms with Crippen molar-refractivity contribution in [1.82, 2.24) is 10.2 Å². The fourth-order valence-corrected chi connectivity index (χ4v) is 2.45. The fraction of sp³-hybridized carbons (Fsp3) is 0.750. The zero-order valence-electron chi connectivity index (χ0n) is 11.1. The van der Waals surface area contributed by atoms with Gasteiger partial charge in [0.15, 0.2) is 0 Å². The van der Waals surface area contributed by atoms with Gasteiger partial charge in [-0.3, -0.25) is 4.79 Å². The smallest absolute Gasteiger partial charge is 0.226 e. The second-order valence-electron chi connectivity index (χ2n) is 4.29. The Morgan fingerprint density at radius 1 is 1.39 bits per heavy atom. The highest BCUT2D eigenvalue weighted by Crippen LogP contribution is 2.18. The summed E-state index contributed by atoms with van der Waals surface area (Å²) in [4.78, 5) is 11.7. The van der Waals surface area contributed by atoms with Gasteiger partial charge in [-0.1, -0.05) is 31.6 Å². The predicted molar refractivity (Wildman–Crippen MR) is 74.6 cm³/mol. The molecule has 1 amide bonds. The lowest BCUT2D eigenvalue weighted by molar-refractivity contribution is -0.116. The van der Waals surface area contributed by atoms with Gasteiger partial charge < -0.3 is 11.1 Å². The molecule has 0 aromatic carbocycles. The summed E-state index contributed by atoms with van der Waals surface area (Å²) in [6.45, 7) is 4.84. The maximum Gasteiger partial charge on any atom is 0.226 e. The zero-order chi connectivity index (χ0) is 13.4. The number of aromatic nitrogens is 2. The van der Waals surface area contributed by atoms with Crippen LogP contribution < -0.4 is 11.1 Å². The lowest BCUT2D eigenvalue weighted by Crippen LogP contribution is -2.15. The van der Waals surface area contributed by atoms with Gasteiger partial charge >= 0.3 is 0 Å². The van der Waals surface area contributed by atoms with Gasteiger partial charge in [0.05, 0.1) is 0 Å². The highest BCUT2D eigenvalue weighted by Gasteiger charge is 2.11. The minimum atomic E-state index is 0.0178. The first kappa shape index (κ1) is 15.0. The van der Waals surface area contributed by atoms with E-state index in [1.807, 2.05) is 6.92 Å². The van der Waals surface area contributed by atoms with E-state index in [0.717, 1.165) is 30.7 Å². The van der Waals surface area contributed by atoms with Crippen LogP contribution in [0, 0.1) is 5.92 Å². The highest BCUT2D eigenvalue weighted by molar-refractivity contribution is 7.15. The second kappa shape index (κ2) is 8.16. The van der Waals surface area contributed by atoms with Crippen LogP contribution in [0.15, 0.2) is 0 Å². The van der Waals surface area contributed by atoms with E-state index in [1.54, 1.807) is 0 Å². The van der Waals surface area contributed by atoms with Crippen molar-refractivity contribution in [2.45, 2.75) is 46.0 Å². The first-order chi connectivity index (χ1) is 8.69. The molecule has 6 heteroatoms. The van der Waals surface area contributed by atoms with E-state index >= 15 is 0 Å². The Kier molecular flexibility index (Phi) is 6.82. The Morgan fingerprint density at radius 3 is 2.72 bits per heavy atom. The highest BCUT2D eigenvalue weighted by atomic mass is 32.1. The molecule has 0 aliphatic heterocycles. The Labute approximate surface area is 112 Å². The van der Waals surface area contributed by atoms with Gasteiger partial charge in [0.25, 0.3) is 0 Å². The number of aryl methyl sites for hydroxylation is 1. The molecule has 1 atom stereocenters. The Bertz CT molecular complexity index is 367. The van der Waals surface area contributed by atoms with Crippen LogP contribution in [0.25, 0.3) is 0 Å². The number of carbonyl (C=O) groups is 1. The van der Waals surface area contributed by atoms with Crippen LogP contribution in [0.1, 0.15) is 44.5 Å². The van der Waals surface area contributed by atoms with E-state index in [0.29, 0.717) is 24.0 Å². The number of amides is 1. The molecule has 0 spiro atoms.